The molecule has 0 spiro atoms. The molecule has 3 rings (SSSR count). The number of fused-ring (bicyclic) bond motifs is 1. The van der Waals surface area contributed by atoms with Gasteiger partial charge in [-0.25, -0.2) is 9.98 Å². The van der Waals surface area contributed by atoms with Gasteiger partial charge in [0.05, 0.1) is 17.4 Å². The topological polar surface area (TPSA) is 88.9 Å². The summed E-state index contributed by atoms with van der Waals surface area (Å²) in [6.07, 6.45) is 6.65. The van der Waals surface area contributed by atoms with Crippen LogP contribution in [0.1, 0.15) is 37.0 Å². The van der Waals surface area contributed by atoms with E-state index in [1.807, 2.05) is 0 Å². The van der Waals surface area contributed by atoms with Crippen LogP contribution in [0, 0.1) is 6.92 Å². The third kappa shape index (κ3) is 4.70. The number of nitrogens with zero attached hydrogens (tertiary/aromatic N) is 3. The molecule has 2 aromatic heterocycles. The van der Waals surface area contributed by atoms with Crippen LogP contribution < -0.4 is 4.18 Å². The first-order valence-electron chi connectivity index (χ1n) is 8.91. The van der Waals surface area contributed by atoms with Gasteiger partial charge in [0.15, 0.2) is 5.75 Å². The van der Waals surface area contributed by atoms with Crippen molar-refractivity contribution in [2.24, 2.45) is 4.99 Å². The molecule has 30 heavy (non-hydrogen) atoms. The highest BCUT2D eigenvalue weighted by Crippen LogP contribution is 2.44. The second-order valence-electron chi connectivity index (χ2n) is 6.70. The summed E-state index contributed by atoms with van der Waals surface area (Å²) < 4.78 is 65.8. The Morgan fingerprint density at radius 2 is 2.00 bits per heavy atom. The molecule has 1 aliphatic carbocycles. The maximum atomic E-state index is 12.8. The first-order valence-corrected chi connectivity index (χ1v) is 11.5. The third-order valence-corrected chi connectivity index (χ3v) is 6.81. The molecule has 7 nitrogen and oxygen atoms in total. The van der Waals surface area contributed by atoms with Crippen LogP contribution in [0.15, 0.2) is 11.1 Å². The Morgan fingerprint density at radius 1 is 1.33 bits per heavy atom. The molecule has 0 bridgehead atoms. The van der Waals surface area contributed by atoms with Gasteiger partial charge >= 0.3 is 15.6 Å². The maximum Gasteiger partial charge on any atom is 0.534 e. The Labute approximate surface area is 179 Å². The summed E-state index contributed by atoms with van der Waals surface area (Å²) in [5, 5.41) is -0.260. The number of aryl methyl sites for hydroxylation is 1. The molecule has 0 saturated heterocycles. The zero-order valence-electron chi connectivity index (χ0n) is 15.6. The maximum absolute atomic E-state index is 12.8. The second kappa shape index (κ2) is 8.67. The summed E-state index contributed by atoms with van der Waals surface area (Å²) in [7, 11) is -5.92. The number of aliphatic imine (C=N–C) groups is 1. The number of carbonyl (C=O) groups is 1. The molecule has 0 N–H and O–H groups in total. The third-order valence-electron chi connectivity index (χ3n) is 4.66. The Kier molecular flexibility index (Phi) is 6.58. The Hall–Kier alpha value is -1.92. The van der Waals surface area contributed by atoms with Gasteiger partial charge in [0.1, 0.15) is 9.98 Å². The van der Waals surface area contributed by atoms with Crippen molar-refractivity contribution in [3.8, 4) is 5.75 Å². The highest BCUT2D eigenvalue weighted by Gasteiger charge is 2.49. The van der Waals surface area contributed by atoms with Gasteiger partial charge in [-0.05, 0) is 19.8 Å². The van der Waals surface area contributed by atoms with E-state index in [2.05, 4.69) is 14.2 Å². The SMILES string of the molecule is Cc1sc2nc(Cl)cc(OS(=O)(=O)C(F)(F)F)c2c1N=CN(C=O)C1CCCCC1. The number of pyridine rings is 1. The molecule has 13 heteroatoms. The number of hydrogen-bond acceptors (Lipinski definition) is 7. The summed E-state index contributed by atoms with van der Waals surface area (Å²) >= 11 is 6.89. The van der Waals surface area contributed by atoms with E-state index in [-0.39, 0.29) is 27.1 Å². The fourth-order valence-corrected chi connectivity index (χ4v) is 4.91. The lowest BCUT2D eigenvalue weighted by molar-refractivity contribution is -0.116. The van der Waals surface area contributed by atoms with Crippen molar-refractivity contribution in [3.63, 3.8) is 0 Å². The van der Waals surface area contributed by atoms with Crippen LogP contribution in [0.2, 0.25) is 5.15 Å². The highest BCUT2D eigenvalue weighted by molar-refractivity contribution is 7.88. The Balaban J connectivity index is 2.05. The van der Waals surface area contributed by atoms with Crippen molar-refractivity contribution in [1.82, 2.24) is 9.88 Å². The molecule has 0 atom stereocenters. The molecule has 1 amide bonds. The van der Waals surface area contributed by atoms with Gasteiger partial charge in [0.25, 0.3) is 0 Å². The summed E-state index contributed by atoms with van der Waals surface area (Å²) in [5.41, 5.74) is -5.45. The van der Waals surface area contributed by atoms with Crippen LogP contribution in [-0.4, -0.2) is 42.6 Å². The largest absolute Gasteiger partial charge is 0.534 e. The van der Waals surface area contributed by atoms with Gasteiger partial charge in [0.2, 0.25) is 6.41 Å². The summed E-state index contributed by atoms with van der Waals surface area (Å²) in [6, 6.07) is 0.871. The number of thiophene rings is 1. The minimum atomic E-state index is -5.92. The summed E-state index contributed by atoms with van der Waals surface area (Å²) in [4.78, 5) is 21.9. The zero-order chi connectivity index (χ0) is 22.1. The number of halogens is 4. The standard InChI is InChI=1S/C17H17ClF3N3O4S2/c1-10-15(22-8-24(9-25)11-5-3-2-4-6-11)14-12(7-13(18)23-16(14)29-10)28-30(26,27)17(19,20)21/h7-9,11H,2-6H2,1H3. The molecule has 1 aliphatic rings. The quantitative estimate of drug-likeness (QED) is 0.145. The van der Waals surface area contributed by atoms with Crippen LogP contribution in [0.3, 0.4) is 0 Å². The van der Waals surface area contributed by atoms with Crippen molar-refractivity contribution in [2.45, 2.75) is 50.6 Å². The number of rotatable bonds is 6. The predicted molar refractivity (Wildman–Crippen MR) is 108 cm³/mol. The summed E-state index contributed by atoms with van der Waals surface area (Å²) in [5.74, 6) is -0.630. The van der Waals surface area contributed by atoms with Gasteiger partial charge in [0, 0.05) is 17.0 Å². The number of carbonyl (C=O) groups excluding carboxylic acids is 1. The van der Waals surface area contributed by atoms with E-state index in [4.69, 9.17) is 11.6 Å². The fourth-order valence-electron chi connectivity index (χ4n) is 3.23. The van der Waals surface area contributed by atoms with Gasteiger partial charge in [-0.1, -0.05) is 30.9 Å². The molecule has 0 unspecified atom stereocenters. The average molecular weight is 484 g/mol. The highest BCUT2D eigenvalue weighted by atomic mass is 35.5. The van der Waals surface area contributed by atoms with Crippen LogP contribution in [-0.2, 0) is 14.9 Å². The average Bonchev–Trinajstić information content (AvgIpc) is 2.97. The predicted octanol–water partition coefficient (Wildman–Crippen LogP) is 4.94. The van der Waals surface area contributed by atoms with E-state index in [1.165, 1.54) is 11.2 Å². The molecule has 164 valence electrons. The molecule has 0 aliphatic heterocycles. The molecular formula is C17H17ClF3N3O4S2. The van der Waals surface area contributed by atoms with Gasteiger partial charge in [-0.2, -0.15) is 21.6 Å². The van der Waals surface area contributed by atoms with Crippen LogP contribution in [0.5, 0.6) is 5.75 Å². The molecule has 0 radical (unpaired) electrons. The zero-order valence-corrected chi connectivity index (χ0v) is 18.0. The first kappa shape index (κ1) is 22.8. The number of hydrogen-bond donors (Lipinski definition) is 0. The lowest BCUT2D eigenvalue weighted by Crippen LogP contribution is -2.34. The minimum Gasteiger partial charge on any atom is -0.375 e. The number of alkyl halides is 3. The van der Waals surface area contributed by atoms with Gasteiger partial charge in [-0.3, -0.25) is 4.79 Å². The fraction of sp³-hybridized carbons (Fsp3) is 0.471. The molecule has 2 aromatic rings. The molecule has 1 fully saturated rings. The van der Waals surface area contributed by atoms with E-state index in [9.17, 15) is 26.4 Å². The lowest BCUT2D eigenvalue weighted by atomic mass is 9.95. The molecule has 0 aromatic carbocycles. The van der Waals surface area contributed by atoms with Gasteiger partial charge in [-0.15, -0.1) is 11.3 Å². The summed E-state index contributed by atoms with van der Waals surface area (Å²) in [6.45, 7) is 1.64. The van der Waals surface area contributed by atoms with E-state index in [1.54, 1.807) is 6.92 Å². The normalized spacial score (nSPS) is 16.3. The van der Waals surface area contributed by atoms with Crippen LogP contribution in [0.25, 0.3) is 10.2 Å². The van der Waals surface area contributed by atoms with E-state index < -0.39 is 21.4 Å². The molecule has 1 saturated carbocycles. The van der Waals surface area contributed by atoms with E-state index in [0.29, 0.717) is 11.3 Å². The van der Waals surface area contributed by atoms with Crippen LogP contribution >= 0.6 is 22.9 Å². The van der Waals surface area contributed by atoms with E-state index in [0.717, 1.165) is 49.5 Å². The second-order valence-corrected chi connectivity index (χ2v) is 9.83. The van der Waals surface area contributed by atoms with Crippen molar-refractivity contribution in [2.75, 3.05) is 0 Å². The minimum absolute atomic E-state index is 0.0147. The molecule has 2 heterocycles. The Morgan fingerprint density at radius 3 is 2.60 bits per heavy atom. The number of amides is 1. The van der Waals surface area contributed by atoms with E-state index >= 15 is 0 Å². The van der Waals surface area contributed by atoms with Crippen molar-refractivity contribution in [1.29, 1.82) is 0 Å². The van der Waals surface area contributed by atoms with Gasteiger partial charge < -0.3 is 9.08 Å². The first-order chi connectivity index (χ1) is 14.0. The smallest absolute Gasteiger partial charge is 0.375 e. The number of aromatic nitrogens is 1. The monoisotopic (exact) mass is 483 g/mol. The lowest BCUT2D eigenvalue weighted by Gasteiger charge is -2.27. The Bertz CT molecular complexity index is 1080. The van der Waals surface area contributed by atoms with Crippen molar-refractivity contribution >= 4 is 61.7 Å². The molecular weight excluding hydrogens is 467 g/mol. The van der Waals surface area contributed by atoms with Crippen LogP contribution in [0.4, 0.5) is 18.9 Å². The van der Waals surface area contributed by atoms with Crippen molar-refractivity contribution < 1.29 is 30.6 Å². The van der Waals surface area contributed by atoms with Crippen molar-refractivity contribution in [3.05, 3.63) is 16.1 Å².